The van der Waals surface area contributed by atoms with E-state index < -0.39 is 5.91 Å². The molecule has 34 heavy (non-hydrogen) atoms. The maximum Gasteiger partial charge on any atom is 0.273 e. The predicted octanol–water partition coefficient (Wildman–Crippen LogP) is 4.16. The van der Waals surface area contributed by atoms with Crippen LogP contribution in [0.4, 0.5) is 5.69 Å². The number of para-hydroxylation sites is 1. The third kappa shape index (κ3) is 4.90. The lowest BCUT2D eigenvalue weighted by atomic mass is 10.0. The lowest BCUT2D eigenvalue weighted by molar-refractivity contribution is -0.111. The second-order valence-corrected chi connectivity index (χ2v) is 9.05. The molecule has 1 N–H and O–H groups in total. The van der Waals surface area contributed by atoms with Gasteiger partial charge in [0, 0.05) is 5.69 Å². The molecule has 0 unspecified atom stereocenters. The minimum absolute atomic E-state index is 0.119. The Morgan fingerprint density at radius 1 is 0.971 bits per heavy atom. The standard InChI is InChI=1S/C28H23N3O2S/c1-19(2)21-13-15-22(16-14-21)30-26(32)24(18-29)28-31(23-11-7-4-8-12-23)27(33)25(34-28)17-20-9-5-3-6-10-20/h3-17,19H,1-2H3,(H,30,32)/b25-17+,28-24+. The van der Waals surface area contributed by atoms with Crippen LogP contribution in [-0.4, -0.2) is 10.5 Å². The van der Waals surface area contributed by atoms with Gasteiger partial charge in [0.1, 0.15) is 10.7 Å². The Labute approximate surface area is 201 Å². The minimum atomic E-state index is -0.558. The van der Waals surface area contributed by atoms with Gasteiger partial charge < -0.3 is 5.32 Å². The zero-order chi connectivity index (χ0) is 24.1. The van der Waals surface area contributed by atoms with Crippen LogP contribution in [0.15, 0.2) is 89.7 Å². The van der Waals surface area contributed by atoms with Crippen LogP contribution in [0.5, 0.6) is 0 Å². The normalized spacial score (nSPS) is 12.4. The molecule has 0 radical (unpaired) electrons. The van der Waals surface area contributed by atoms with Gasteiger partial charge in [0.25, 0.3) is 11.5 Å². The van der Waals surface area contributed by atoms with Gasteiger partial charge in [-0.15, -0.1) is 11.3 Å². The van der Waals surface area contributed by atoms with Crippen LogP contribution >= 0.6 is 11.3 Å². The van der Waals surface area contributed by atoms with Crippen molar-refractivity contribution in [2.75, 3.05) is 5.32 Å². The van der Waals surface area contributed by atoms with Gasteiger partial charge in [0.05, 0.1) is 10.2 Å². The Morgan fingerprint density at radius 2 is 1.59 bits per heavy atom. The summed E-state index contributed by atoms with van der Waals surface area (Å²) < 4.78 is 2.16. The number of thiazole rings is 1. The van der Waals surface area contributed by atoms with Crippen molar-refractivity contribution in [1.82, 2.24) is 4.57 Å². The monoisotopic (exact) mass is 465 g/mol. The van der Waals surface area contributed by atoms with Crippen LogP contribution in [0, 0.1) is 11.3 Å². The van der Waals surface area contributed by atoms with E-state index in [0.29, 0.717) is 21.8 Å². The number of anilines is 1. The number of carbonyl (C=O) groups excluding carboxylic acids is 1. The van der Waals surface area contributed by atoms with Crippen molar-refractivity contribution in [2.45, 2.75) is 19.8 Å². The Bertz CT molecular complexity index is 1530. The van der Waals surface area contributed by atoms with Crippen LogP contribution in [0.3, 0.4) is 0 Å². The number of hydrogen-bond donors (Lipinski definition) is 1. The molecule has 0 spiro atoms. The van der Waals surface area contributed by atoms with Crippen LogP contribution < -0.4 is 20.1 Å². The largest absolute Gasteiger partial charge is 0.321 e. The van der Waals surface area contributed by atoms with E-state index in [2.05, 4.69) is 19.2 Å². The second-order valence-electron chi connectivity index (χ2n) is 8.02. The van der Waals surface area contributed by atoms with Crippen molar-refractivity contribution in [3.63, 3.8) is 0 Å². The number of nitrogens with zero attached hydrogens (tertiary/aromatic N) is 2. The lowest BCUT2D eigenvalue weighted by Crippen LogP contribution is -2.32. The molecule has 1 heterocycles. The molecule has 168 valence electrons. The average molecular weight is 466 g/mol. The number of nitriles is 1. The summed E-state index contributed by atoms with van der Waals surface area (Å²) in [5, 5.41) is 12.7. The lowest BCUT2D eigenvalue weighted by Gasteiger charge is -2.08. The second kappa shape index (κ2) is 10.2. The number of rotatable bonds is 5. The molecule has 0 saturated carbocycles. The zero-order valence-corrected chi connectivity index (χ0v) is 19.7. The van der Waals surface area contributed by atoms with E-state index in [1.807, 2.05) is 78.9 Å². The molecule has 3 aromatic carbocycles. The van der Waals surface area contributed by atoms with Crippen LogP contribution in [0.1, 0.15) is 30.9 Å². The number of amides is 1. The summed E-state index contributed by atoms with van der Waals surface area (Å²) in [5.41, 5.74) is 2.79. The first-order valence-electron chi connectivity index (χ1n) is 10.9. The van der Waals surface area contributed by atoms with E-state index in [1.165, 1.54) is 4.57 Å². The molecular formula is C28H23N3O2S. The fraction of sp³-hybridized carbons (Fsp3) is 0.107. The molecule has 0 saturated heterocycles. The molecule has 1 aromatic heterocycles. The van der Waals surface area contributed by atoms with Crippen molar-refractivity contribution in [3.05, 3.63) is 116 Å². The molecule has 0 atom stereocenters. The van der Waals surface area contributed by atoms with Gasteiger partial charge in [-0.3, -0.25) is 14.2 Å². The molecule has 0 aliphatic rings. The number of hydrogen-bond acceptors (Lipinski definition) is 4. The smallest absolute Gasteiger partial charge is 0.273 e. The molecule has 0 bridgehead atoms. The third-order valence-electron chi connectivity index (χ3n) is 5.32. The molecular weight excluding hydrogens is 442 g/mol. The number of benzene rings is 3. The van der Waals surface area contributed by atoms with E-state index in [-0.39, 0.29) is 15.8 Å². The van der Waals surface area contributed by atoms with E-state index >= 15 is 0 Å². The summed E-state index contributed by atoms with van der Waals surface area (Å²) in [5.74, 6) is -0.186. The topological polar surface area (TPSA) is 74.9 Å². The summed E-state index contributed by atoms with van der Waals surface area (Å²) in [6.07, 6.45) is 1.77. The molecule has 0 aliphatic carbocycles. The summed E-state index contributed by atoms with van der Waals surface area (Å²) in [4.78, 5) is 26.5. The van der Waals surface area contributed by atoms with Gasteiger partial charge in [-0.25, -0.2) is 0 Å². The van der Waals surface area contributed by atoms with E-state index in [9.17, 15) is 14.9 Å². The molecule has 1 amide bonds. The van der Waals surface area contributed by atoms with E-state index in [4.69, 9.17) is 0 Å². The first kappa shape index (κ1) is 23.0. The summed E-state index contributed by atoms with van der Waals surface area (Å²) in [6.45, 7) is 4.19. The summed E-state index contributed by atoms with van der Waals surface area (Å²) in [7, 11) is 0. The van der Waals surface area contributed by atoms with Crippen LogP contribution in [0.25, 0.3) is 17.3 Å². The molecule has 0 aliphatic heterocycles. The first-order valence-corrected chi connectivity index (χ1v) is 11.7. The quantitative estimate of drug-likeness (QED) is 0.481. The number of carbonyl (C=O) groups is 1. The molecule has 5 nitrogen and oxygen atoms in total. The van der Waals surface area contributed by atoms with E-state index in [0.717, 1.165) is 22.5 Å². The van der Waals surface area contributed by atoms with Crippen LogP contribution in [0.2, 0.25) is 0 Å². The SMILES string of the molecule is CC(C)c1ccc(NC(=O)/C(C#N)=c2/s/c(=C/c3ccccc3)c(=O)n2-c2ccccc2)cc1. The van der Waals surface area contributed by atoms with E-state index in [1.54, 1.807) is 18.2 Å². The van der Waals surface area contributed by atoms with Crippen molar-refractivity contribution in [3.8, 4) is 11.8 Å². The Balaban J connectivity index is 1.87. The highest BCUT2D eigenvalue weighted by Crippen LogP contribution is 2.17. The van der Waals surface area contributed by atoms with Gasteiger partial charge in [-0.2, -0.15) is 5.26 Å². The maximum absolute atomic E-state index is 13.4. The minimum Gasteiger partial charge on any atom is -0.321 e. The van der Waals surface area contributed by atoms with Crippen LogP contribution in [-0.2, 0) is 4.79 Å². The van der Waals surface area contributed by atoms with Gasteiger partial charge in [0.15, 0.2) is 5.57 Å². The van der Waals surface area contributed by atoms with Crippen molar-refractivity contribution in [2.24, 2.45) is 0 Å². The Kier molecular flexibility index (Phi) is 6.86. The highest BCUT2D eigenvalue weighted by atomic mass is 32.1. The first-order chi connectivity index (χ1) is 16.5. The highest BCUT2D eigenvalue weighted by molar-refractivity contribution is 7.07. The predicted molar refractivity (Wildman–Crippen MR) is 137 cm³/mol. The summed E-state index contributed by atoms with van der Waals surface area (Å²) >= 11 is 1.13. The zero-order valence-electron chi connectivity index (χ0n) is 18.9. The molecule has 4 aromatic rings. The maximum atomic E-state index is 13.4. The summed E-state index contributed by atoms with van der Waals surface area (Å²) in [6, 6.07) is 28.1. The fourth-order valence-corrected chi connectivity index (χ4v) is 4.60. The average Bonchev–Trinajstić information content (AvgIpc) is 3.16. The van der Waals surface area contributed by atoms with Crippen molar-refractivity contribution in [1.29, 1.82) is 5.26 Å². The molecule has 6 heteroatoms. The molecule has 0 fully saturated rings. The van der Waals surface area contributed by atoms with Gasteiger partial charge in [-0.05, 0) is 47.4 Å². The van der Waals surface area contributed by atoms with Gasteiger partial charge >= 0.3 is 0 Å². The van der Waals surface area contributed by atoms with Gasteiger partial charge in [0.2, 0.25) is 0 Å². The van der Waals surface area contributed by atoms with Crippen molar-refractivity contribution < 1.29 is 4.79 Å². The Morgan fingerprint density at radius 3 is 2.18 bits per heavy atom. The Hall–Kier alpha value is -4.21. The van der Waals surface area contributed by atoms with Gasteiger partial charge in [-0.1, -0.05) is 74.5 Å². The number of nitrogens with one attached hydrogen (secondary N) is 1. The fourth-order valence-electron chi connectivity index (χ4n) is 3.50. The third-order valence-corrected chi connectivity index (χ3v) is 6.42. The highest BCUT2D eigenvalue weighted by Gasteiger charge is 2.17. The number of aromatic nitrogens is 1. The van der Waals surface area contributed by atoms with Crippen molar-refractivity contribution >= 4 is 34.6 Å². The molecule has 4 rings (SSSR count).